The van der Waals surface area contributed by atoms with Crippen molar-refractivity contribution < 1.29 is 13.9 Å². The number of hydrogen-bond donors (Lipinski definition) is 1. The smallest absolute Gasteiger partial charge is 0.234 e. The van der Waals surface area contributed by atoms with Crippen molar-refractivity contribution in [2.75, 3.05) is 0 Å². The zero-order chi connectivity index (χ0) is 13.1. The van der Waals surface area contributed by atoms with E-state index in [9.17, 15) is 9.18 Å². The number of carbonyl (C=O) groups excluding carboxylic acids is 1. The molecular formula is C11H8BrFN2O2S. The van der Waals surface area contributed by atoms with Gasteiger partial charge in [0, 0.05) is 23.4 Å². The van der Waals surface area contributed by atoms with Gasteiger partial charge in [-0.2, -0.15) is 0 Å². The number of aromatic nitrogens is 2. The van der Waals surface area contributed by atoms with Crippen molar-refractivity contribution in [2.45, 2.75) is 6.61 Å². The van der Waals surface area contributed by atoms with Crippen LogP contribution in [0.3, 0.4) is 0 Å². The molecule has 0 aliphatic rings. The van der Waals surface area contributed by atoms with Crippen molar-refractivity contribution in [3.8, 4) is 5.88 Å². The summed E-state index contributed by atoms with van der Waals surface area (Å²) < 4.78 is 19.8. The van der Waals surface area contributed by atoms with Gasteiger partial charge in [-0.3, -0.25) is 4.79 Å². The molecule has 0 fully saturated rings. The normalized spacial score (nSPS) is 10.4. The number of benzene rings is 1. The van der Waals surface area contributed by atoms with E-state index in [1.54, 1.807) is 12.3 Å². The van der Waals surface area contributed by atoms with E-state index >= 15 is 0 Å². The number of halogens is 2. The van der Waals surface area contributed by atoms with Crippen LogP contribution in [0.2, 0.25) is 0 Å². The molecule has 0 unspecified atom stereocenters. The van der Waals surface area contributed by atoms with E-state index in [1.807, 2.05) is 0 Å². The summed E-state index contributed by atoms with van der Waals surface area (Å²) in [7, 11) is 0. The van der Waals surface area contributed by atoms with Crippen LogP contribution >= 0.6 is 28.7 Å². The number of rotatable bonds is 4. The highest BCUT2D eigenvalue weighted by molar-refractivity contribution is 9.18. The zero-order valence-electron chi connectivity index (χ0n) is 9.01. The molecule has 0 saturated carbocycles. The Hall–Kier alpha value is -1.34. The van der Waals surface area contributed by atoms with Gasteiger partial charge in [-0.15, -0.1) is 5.10 Å². The van der Waals surface area contributed by atoms with Gasteiger partial charge < -0.3 is 4.74 Å². The highest BCUT2D eigenvalue weighted by Gasteiger charge is 2.14. The van der Waals surface area contributed by atoms with Gasteiger partial charge in [-0.05, 0) is 40.9 Å². The molecule has 2 rings (SSSR count). The molecule has 0 N–H and O–H groups in total. The number of nitrogens with zero attached hydrogens (tertiary/aromatic N) is 2. The van der Waals surface area contributed by atoms with Gasteiger partial charge in [0.25, 0.3) is 0 Å². The second-order valence-electron chi connectivity index (χ2n) is 3.40. The molecule has 94 valence electrons. The zero-order valence-corrected chi connectivity index (χ0v) is 11.5. The van der Waals surface area contributed by atoms with Gasteiger partial charge in [-0.1, -0.05) is 6.07 Å². The van der Waals surface area contributed by atoms with Gasteiger partial charge in [0.2, 0.25) is 10.6 Å². The maximum atomic E-state index is 13.6. The maximum Gasteiger partial charge on any atom is 0.234 e. The van der Waals surface area contributed by atoms with E-state index < -0.39 is 5.82 Å². The molecule has 18 heavy (non-hydrogen) atoms. The lowest BCUT2D eigenvalue weighted by Gasteiger charge is -2.07. The second kappa shape index (κ2) is 5.53. The Balaban J connectivity index is 2.20. The van der Waals surface area contributed by atoms with E-state index in [2.05, 4.69) is 33.8 Å². The van der Waals surface area contributed by atoms with Crippen LogP contribution in [-0.2, 0) is 6.61 Å². The second-order valence-corrected chi connectivity index (χ2v) is 4.53. The highest BCUT2D eigenvalue weighted by atomic mass is 79.9. The Morgan fingerprint density at radius 3 is 2.89 bits per heavy atom. The Morgan fingerprint density at radius 2 is 2.28 bits per heavy atom. The van der Waals surface area contributed by atoms with Crippen molar-refractivity contribution in [1.82, 2.24) is 9.19 Å². The summed E-state index contributed by atoms with van der Waals surface area (Å²) in [4.78, 5) is 11.3. The fourth-order valence-electron chi connectivity index (χ4n) is 1.41. The molecule has 0 amide bonds. The minimum absolute atomic E-state index is 0.0792. The topological polar surface area (TPSA) is 44.1 Å². The van der Waals surface area contributed by atoms with E-state index in [1.165, 1.54) is 22.3 Å². The summed E-state index contributed by atoms with van der Waals surface area (Å²) >= 11 is 6.75. The summed E-state index contributed by atoms with van der Waals surface area (Å²) in [5.41, 5.74) is 0.424. The van der Waals surface area contributed by atoms with Crippen LogP contribution in [0.4, 0.5) is 4.39 Å². The first-order valence-corrected chi connectivity index (χ1v) is 6.12. The monoisotopic (exact) mass is 330 g/mol. The minimum atomic E-state index is -0.495. The van der Waals surface area contributed by atoms with Crippen LogP contribution in [0.5, 0.6) is 5.88 Å². The molecule has 0 aliphatic heterocycles. The van der Waals surface area contributed by atoms with E-state index in [0.717, 1.165) is 0 Å². The van der Waals surface area contributed by atoms with Crippen LogP contribution in [0.1, 0.15) is 15.9 Å². The van der Waals surface area contributed by atoms with Gasteiger partial charge in [0.05, 0.1) is 0 Å². The van der Waals surface area contributed by atoms with Gasteiger partial charge in [0.15, 0.2) is 0 Å². The summed E-state index contributed by atoms with van der Waals surface area (Å²) in [6, 6.07) is 5.85. The fraction of sp³-hybridized carbons (Fsp3) is 0.0909. The lowest BCUT2D eigenvalue weighted by atomic mass is 10.1. The van der Waals surface area contributed by atoms with Crippen molar-refractivity contribution in [2.24, 2.45) is 0 Å². The van der Waals surface area contributed by atoms with Crippen molar-refractivity contribution in [3.63, 3.8) is 0 Å². The van der Waals surface area contributed by atoms with Crippen LogP contribution in [0.25, 0.3) is 0 Å². The maximum absolute atomic E-state index is 13.6. The molecular weight excluding hydrogens is 323 g/mol. The number of carbonyl (C=O) groups is 1. The molecule has 1 aromatic carbocycles. The van der Waals surface area contributed by atoms with Crippen molar-refractivity contribution >= 4 is 33.4 Å². The predicted octanol–water partition coefficient (Wildman–Crippen LogP) is 2.83. The summed E-state index contributed by atoms with van der Waals surface area (Å²) in [6.45, 7) is -0.0792. The van der Waals surface area contributed by atoms with Gasteiger partial charge in [0.1, 0.15) is 12.4 Å². The summed E-state index contributed by atoms with van der Waals surface area (Å²) in [5.74, 6) is -0.188. The largest absolute Gasteiger partial charge is 0.472 e. The highest BCUT2D eigenvalue weighted by Crippen LogP contribution is 2.19. The molecule has 0 spiro atoms. The third-order valence-electron chi connectivity index (χ3n) is 2.25. The standard InChI is InChI=1S/C11H8BrFN2O2S/c12-11(16)7-2-1-3-9(13)8(7)6-17-10-4-5-15(18)14-10/h1-5,18H,6H2. The summed E-state index contributed by atoms with van der Waals surface area (Å²) in [6.07, 6.45) is 1.58. The fourth-order valence-corrected chi connectivity index (χ4v) is 1.94. The number of ether oxygens (including phenoxy) is 1. The van der Waals surface area contributed by atoms with Crippen LogP contribution < -0.4 is 4.74 Å². The first-order valence-electron chi connectivity index (χ1n) is 4.93. The van der Waals surface area contributed by atoms with E-state index in [4.69, 9.17) is 4.74 Å². The molecule has 7 heteroatoms. The molecule has 0 radical (unpaired) electrons. The number of hydrogen-bond acceptors (Lipinski definition) is 4. The van der Waals surface area contributed by atoms with Gasteiger partial charge in [-0.25, -0.2) is 8.48 Å². The van der Waals surface area contributed by atoms with Gasteiger partial charge >= 0.3 is 0 Å². The molecule has 2 aromatic rings. The lowest BCUT2D eigenvalue weighted by molar-refractivity contribution is 0.109. The molecule has 1 heterocycles. The predicted molar refractivity (Wildman–Crippen MR) is 70.6 cm³/mol. The minimum Gasteiger partial charge on any atom is -0.472 e. The third-order valence-corrected chi connectivity index (χ3v) is 2.90. The Kier molecular flexibility index (Phi) is 4.03. The van der Waals surface area contributed by atoms with E-state index in [0.29, 0.717) is 5.88 Å². The van der Waals surface area contributed by atoms with Crippen molar-refractivity contribution in [3.05, 3.63) is 47.4 Å². The Bertz CT molecular complexity index is 588. The Labute approximate surface area is 116 Å². The lowest BCUT2D eigenvalue weighted by Crippen LogP contribution is -2.05. The third kappa shape index (κ3) is 2.91. The van der Waals surface area contributed by atoms with Crippen LogP contribution in [0.15, 0.2) is 30.5 Å². The van der Waals surface area contributed by atoms with Crippen LogP contribution in [0, 0.1) is 5.82 Å². The molecule has 1 aromatic heterocycles. The molecule has 0 aliphatic carbocycles. The quantitative estimate of drug-likeness (QED) is 0.692. The molecule has 0 atom stereocenters. The average Bonchev–Trinajstić information content (AvgIpc) is 2.73. The van der Waals surface area contributed by atoms with E-state index in [-0.39, 0.29) is 22.4 Å². The molecule has 4 nitrogen and oxygen atoms in total. The Morgan fingerprint density at radius 1 is 1.50 bits per heavy atom. The first-order chi connectivity index (χ1) is 8.58. The number of thiol groups is 1. The first kappa shape index (κ1) is 13.1. The van der Waals surface area contributed by atoms with Crippen molar-refractivity contribution in [1.29, 1.82) is 0 Å². The summed E-state index contributed by atoms with van der Waals surface area (Å²) in [5, 5.41) is 3.87. The molecule has 0 bridgehead atoms. The molecule has 0 saturated heterocycles. The SMILES string of the molecule is O=C(Br)c1cccc(F)c1COc1ccn(S)n1. The van der Waals surface area contributed by atoms with Crippen LogP contribution in [-0.4, -0.2) is 13.9 Å². The average molecular weight is 331 g/mol.